The van der Waals surface area contributed by atoms with Gasteiger partial charge in [-0.25, -0.2) is 0 Å². The fraction of sp³-hybridized carbons (Fsp3) is 0.471. The van der Waals surface area contributed by atoms with E-state index in [-0.39, 0.29) is 5.91 Å². The molecule has 0 spiro atoms. The number of carbonyl (C=O) groups is 1. The Morgan fingerprint density at radius 1 is 1.20 bits per heavy atom. The summed E-state index contributed by atoms with van der Waals surface area (Å²) >= 11 is 0. The minimum atomic E-state index is 0.227. The first-order chi connectivity index (χ1) is 9.75. The van der Waals surface area contributed by atoms with Gasteiger partial charge in [0.05, 0.1) is 0 Å². The van der Waals surface area contributed by atoms with E-state index in [0.29, 0.717) is 6.42 Å². The Bertz CT molecular complexity index is 548. The Morgan fingerprint density at radius 3 is 2.90 bits per heavy atom. The number of amides is 1. The molecule has 1 aliphatic carbocycles. The van der Waals surface area contributed by atoms with Crippen molar-refractivity contribution in [3.05, 3.63) is 35.4 Å². The van der Waals surface area contributed by atoms with E-state index in [9.17, 15) is 4.79 Å². The quantitative estimate of drug-likeness (QED) is 0.661. The Morgan fingerprint density at radius 2 is 2.10 bits per heavy atom. The van der Waals surface area contributed by atoms with E-state index in [2.05, 4.69) is 6.08 Å². The molecule has 2 aliphatic rings. The van der Waals surface area contributed by atoms with Crippen LogP contribution in [0.5, 0.6) is 0 Å². The van der Waals surface area contributed by atoms with Gasteiger partial charge in [0, 0.05) is 24.3 Å². The van der Waals surface area contributed by atoms with Crippen LogP contribution in [0.1, 0.15) is 44.1 Å². The molecule has 0 radical (unpaired) electrons. The predicted octanol–water partition coefficient (Wildman–Crippen LogP) is 3.44. The van der Waals surface area contributed by atoms with Gasteiger partial charge in [-0.15, -0.1) is 0 Å². The molecular formula is C17H22N2O. The maximum atomic E-state index is 12.6. The molecule has 1 heterocycles. The predicted molar refractivity (Wildman–Crippen MR) is 82.7 cm³/mol. The molecule has 0 atom stereocenters. The highest BCUT2D eigenvalue weighted by molar-refractivity contribution is 5.96. The van der Waals surface area contributed by atoms with Gasteiger partial charge >= 0.3 is 0 Å². The highest BCUT2D eigenvalue weighted by Gasteiger charge is 2.24. The van der Waals surface area contributed by atoms with Gasteiger partial charge in [-0.3, -0.25) is 4.79 Å². The van der Waals surface area contributed by atoms with Crippen LogP contribution in [0.15, 0.2) is 29.8 Å². The minimum absolute atomic E-state index is 0.227. The van der Waals surface area contributed by atoms with E-state index < -0.39 is 0 Å². The number of nitrogens with zero attached hydrogens (tertiary/aromatic N) is 1. The molecule has 0 saturated carbocycles. The Kier molecular flexibility index (Phi) is 3.77. The molecule has 0 unspecified atom stereocenters. The third-order valence-corrected chi connectivity index (χ3v) is 4.35. The lowest BCUT2D eigenvalue weighted by molar-refractivity contribution is -0.118. The van der Waals surface area contributed by atoms with Crippen molar-refractivity contribution in [3.63, 3.8) is 0 Å². The molecule has 1 aliphatic heterocycles. The zero-order valence-corrected chi connectivity index (χ0v) is 11.9. The van der Waals surface area contributed by atoms with E-state index in [1.54, 1.807) is 0 Å². The Labute approximate surface area is 120 Å². The van der Waals surface area contributed by atoms with Gasteiger partial charge in [-0.05, 0) is 56.2 Å². The lowest BCUT2D eigenvalue weighted by Gasteiger charge is -2.31. The van der Waals surface area contributed by atoms with Crippen LogP contribution in [-0.2, 0) is 11.2 Å². The molecule has 2 N–H and O–H groups in total. The van der Waals surface area contributed by atoms with Crippen molar-refractivity contribution in [2.24, 2.45) is 0 Å². The van der Waals surface area contributed by atoms with E-state index >= 15 is 0 Å². The number of hydrogen-bond acceptors (Lipinski definition) is 2. The summed E-state index contributed by atoms with van der Waals surface area (Å²) in [4.78, 5) is 14.5. The zero-order valence-electron chi connectivity index (χ0n) is 11.9. The van der Waals surface area contributed by atoms with Crippen LogP contribution in [-0.4, -0.2) is 12.5 Å². The number of nitrogens with two attached hydrogens (primary N) is 1. The molecule has 3 nitrogen and oxygen atoms in total. The molecule has 1 aromatic rings. The number of nitrogen functional groups attached to an aromatic ring is 1. The average Bonchev–Trinajstić information content (AvgIpc) is 2.48. The molecule has 20 heavy (non-hydrogen) atoms. The average molecular weight is 270 g/mol. The largest absolute Gasteiger partial charge is 0.398 e. The van der Waals surface area contributed by atoms with Crippen LogP contribution in [0.3, 0.4) is 0 Å². The van der Waals surface area contributed by atoms with Crippen LogP contribution >= 0.6 is 0 Å². The molecule has 3 rings (SSSR count). The summed E-state index contributed by atoms with van der Waals surface area (Å²) in [5.41, 5.74) is 10.3. The molecule has 1 amide bonds. The van der Waals surface area contributed by atoms with Crippen LogP contribution in [0.4, 0.5) is 11.4 Å². The third kappa shape index (κ3) is 2.58. The fourth-order valence-electron chi connectivity index (χ4n) is 3.27. The molecule has 0 bridgehead atoms. The number of fused-ring (bicyclic) bond motifs is 1. The molecule has 106 valence electrons. The number of rotatable bonds is 2. The van der Waals surface area contributed by atoms with Crippen molar-refractivity contribution in [1.29, 1.82) is 0 Å². The standard InChI is InChI=1S/C17H22N2O/c18-15-9-4-10-16-14(15)8-5-11-19(16)17(20)12-13-6-2-1-3-7-13/h4,6,9-10H,1-3,5,7-8,11-12,18H2. The van der Waals surface area contributed by atoms with Crippen molar-refractivity contribution in [2.75, 3.05) is 17.2 Å². The zero-order chi connectivity index (χ0) is 13.9. The summed E-state index contributed by atoms with van der Waals surface area (Å²) in [6.45, 7) is 0.822. The Hall–Kier alpha value is -1.77. The van der Waals surface area contributed by atoms with Gasteiger partial charge in [0.15, 0.2) is 0 Å². The lowest BCUT2D eigenvalue weighted by Crippen LogP contribution is -2.35. The van der Waals surface area contributed by atoms with E-state index in [1.807, 2.05) is 23.1 Å². The van der Waals surface area contributed by atoms with E-state index in [1.165, 1.54) is 18.4 Å². The smallest absolute Gasteiger partial charge is 0.231 e. The van der Waals surface area contributed by atoms with Gasteiger partial charge in [0.1, 0.15) is 0 Å². The summed E-state index contributed by atoms with van der Waals surface area (Å²) in [5.74, 6) is 0.227. The summed E-state index contributed by atoms with van der Waals surface area (Å²) in [6.07, 6.45) is 9.53. The number of allylic oxidation sites excluding steroid dienone is 1. The lowest BCUT2D eigenvalue weighted by atomic mass is 9.95. The Balaban J connectivity index is 1.80. The van der Waals surface area contributed by atoms with Crippen molar-refractivity contribution >= 4 is 17.3 Å². The highest BCUT2D eigenvalue weighted by Crippen LogP contribution is 2.32. The first-order valence-electron chi connectivity index (χ1n) is 7.61. The number of hydrogen-bond donors (Lipinski definition) is 1. The number of benzene rings is 1. The molecule has 0 saturated heterocycles. The fourth-order valence-corrected chi connectivity index (χ4v) is 3.27. The first kappa shape index (κ1) is 13.2. The van der Waals surface area contributed by atoms with Crippen LogP contribution in [0.25, 0.3) is 0 Å². The number of carbonyl (C=O) groups excluding carboxylic acids is 1. The van der Waals surface area contributed by atoms with Crippen molar-refractivity contribution in [1.82, 2.24) is 0 Å². The number of anilines is 2. The second kappa shape index (κ2) is 5.70. The summed E-state index contributed by atoms with van der Waals surface area (Å²) in [6, 6.07) is 5.90. The second-order valence-electron chi connectivity index (χ2n) is 5.78. The van der Waals surface area contributed by atoms with Crippen molar-refractivity contribution in [3.8, 4) is 0 Å². The summed E-state index contributed by atoms with van der Waals surface area (Å²) in [5, 5.41) is 0. The monoisotopic (exact) mass is 270 g/mol. The van der Waals surface area contributed by atoms with Crippen LogP contribution in [0, 0.1) is 0 Å². The molecule has 3 heteroatoms. The molecule has 0 fully saturated rings. The SMILES string of the molecule is Nc1cccc2c1CCCN2C(=O)CC1=CCCCC1. The minimum Gasteiger partial charge on any atom is -0.398 e. The van der Waals surface area contributed by atoms with Crippen molar-refractivity contribution in [2.45, 2.75) is 44.9 Å². The van der Waals surface area contributed by atoms with Gasteiger partial charge in [-0.2, -0.15) is 0 Å². The molecular weight excluding hydrogens is 248 g/mol. The normalized spacial score (nSPS) is 18.4. The third-order valence-electron chi connectivity index (χ3n) is 4.35. The molecule has 0 aromatic heterocycles. The first-order valence-corrected chi connectivity index (χ1v) is 7.61. The second-order valence-corrected chi connectivity index (χ2v) is 5.78. The summed E-state index contributed by atoms with van der Waals surface area (Å²) in [7, 11) is 0. The highest BCUT2D eigenvalue weighted by atomic mass is 16.2. The maximum absolute atomic E-state index is 12.6. The van der Waals surface area contributed by atoms with Gasteiger partial charge < -0.3 is 10.6 Å². The van der Waals surface area contributed by atoms with Crippen molar-refractivity contribution < 1.29 is 4.79 Å². The van der Waals surface area contributed by atoms with Gasteiger partial charge in [-0.1, -0.05) is 17.7 Å². The summed E-state index contributed by atoms with van der Waals surface area (Å²) < 4.78 is 0. The van der Waals surface area contributed by atoms with Gasteiger partial charge in [0.25, 0.3) is 0 Å². The maximum Gasteiger partial charge on any atom is 0.231 e. The molecule has 1 aromatic carbocycles. The van der Waals surface area contributed by atoms with E-state index in [4.69, 9.17) is 5.73 Å². The van der Waals surface area contributed by atoms with Crippen LogP contribution in [0.2, 0.25) is 0 Å². The van der Waals surface area contributed by atoms with Crippen LogP contribution < -0.4 is 10.6 Å². The topological polar surface area (TPSA) is 46.3 Å². The van der Waals surface area contributed by atoms with Gasteiger partial charge in [0.2, 0.25) is 5.91 Å². The van der Waals surface area contributed by atoms with E-state index in [0.717, 1.165) is 49.2 Å².